The first-order valence-electron chi connectivity index (χ1n) is 6.87. The number of rotatable bonds is 6. The molecule has 5 heteroatoms. The van der Waals surface area contributed by atoms with Crippen molar-refractivity contribution in [2.45, 2.75) is 49.8 Å². The molecule has 0 saturated carbocycles. The highest BCUT2D eigenvalue weighted by Crippen LogP contribution is 2.23. The van der Waals surface area contributed by atoms with Gasteiger partial charge in [-0.15, -0.1) is 11.8 Å². The van der Waals surface area contributed by atoms with Crippen LogP contribution >= 0.6 is 11.8 Å². The van der Waals surface area contributed by atoms with Crippen LogP contribution in [-0.4, -0.2) is 16.2 Å². The largest absolute Gasteiger partial charge is 0.339 e. The SMILES string of the molecule is CCC(N)C(C)c1nc(CSc2ccc(C)cc2)no1. The first kappa shape index (κ1) is 15.1. The summed E-state index contributed by atoms with van der Waals surface area (Å²) in [4.78, 5) is 5.64. The average molecular weight is 291 g/mol. The summed E-state index contributed by atoms with van der Waals surface area (Å²) in [5, 5.41) is 4.02. The fourth-order valence-electron chi connectivity index (χ4n) is 1.83. The second kappa shape index (κ2) is 6.90. The minimum atomic E-state index is 0.0630. The lowest BCUT2D eigenvalue weighted by molar-refractivity contribution is 0.337. The Morgan fingerprint density at radius 3 is 2.65 bits per heavy atom. The van der Waals surface area contributed by atoms with E-state index in [4.69, 9.17) is 10.3 Å². The van der Waals surface area contributed by atoms with Crippen molar-refractivity contribution in [2.75, 3.05) is 0 Å². The molecule has 0 radical (unpaired) electrons. The number of aryl methyl sites for hydroxylation is 1. The molecule has 2 N–H and O–H groups in total. The molecule has 0 bridgehead atoms. The molecular weight excluding hydrogens is 270 g/mol. The average Bonchev–Trinajstić information content (AvgIpc) is 2.94. The molecule has 2 rings (SSSR count). The van der Waals surface area contributed by atoms with Gasteiger partial charge in [-0.05, 0) is 25.5 Å². The summed E-state index contributed by atoms with van der Waals surface area (Å²) in [5.74, 6) is 2.17. The number of thioether (sulfide) groups is 1. The summed E-state index contributed by atoms with van der Waals surface area (Å²) in [6, 6.07) is 8.49. The molecule has 0 spiro atoms. The van der Waals surface area contributed by atoms with Crippen molar-refractivity contribution in [2.24, 2.45) is 5.73 Å². The first-order chi connectivity index (χ1) is 9.60. The maximum absolute atomic E-state index is 6.00. The summed E-state index contributed by atoms with van der Waals surface area (Å²) in [5.41, 5.74) is 7.27. The van der Waals surface area contributed by atoms with Gasteiger partial charge in [-0.2, -0.15) is 4.98 Å². The number of hydrogen-bond donors (Lipinski definition) is 1. The Balaban J connectivity index is 1.94. The van der Waals surface area contributed by atoms with Crippen molar-refractivity contribution in [1.82, 2.24) is 10.1 Å². The van der Waals surface area contributed by atoms with Gasteiger partial charge in [0.25, 0.3) is 0 Å². The molecule has 20 heavy (non-hydrogen) atoms. The number of benzene rings is 1. The van der Waals surface area contributed by atoms with Gasteiger partial charge < -0.3 is 10.3 Å². The van der Waals surface area contributed by atoms with Crippen LogP contribution in [0.15, 0.2) is 33.7 Å². The van der Waals surface area contributed by atoms with E-state index in [9.17, 15) is 0 Å². The third-order valence-corrected chi connectivity index (χ3v) is 4.38. The van der Waals surface area contributed by atoms with Gasteiger partial charge >= 0.3 is 0 Å². The maximum Gasteiger partial charge on any atom is 0.231 e. The van der Waals surface area contributed by atoms with Gasteiger partial charge in [0.2, 0.25) is 5.89 Å². The Hall–Kier alpha value is -1.33. The second-order valence-corrected chi connectivity index (χ2v) is 6.06. The van der Waals surface area contributed by atoms with Gasteiger partial charge in [0.15, 0.2) is 5.82 Å². The molecule has 1 aromatic heterocycles. The molecule has 1 heterocycles. The van der Waals surface area contributed by atoms with Gasteiger partial charge in [-0.25, -0.2) is 0 Å². The molecular formula is C15H21N3OS. The van der Waals surface area contributed by atoms with E-state index in [0.717, 1.165) is 12.2 Å². The highest BCUT2D eigenvalue weighted by molar-refractivity contribution is 7.98. The van der Waals surface area contributed by atoms with E-state index in [1.165, 1.54) is 10.5 Å². The van der Waals surface area contributed by atoms with Crippen LogP contribution in [0, 0.1) is 6.92 Å². The van der Waals surface area contributed by atoms with Gasteiger partial charge in [-0.3, -0.25) is 0 Å². The molecule has 2 aromatic rings. The lowest BCUT2D eigenvalue weighted by Gasteiger charge is -2.13. The molecule has 0 saturated heterocycles. The minimum absolute atomic E-state index is 0.0630. The summed E-state index contributed by atoms with van der Waals surface area (Å²) < 4.78 is 5.30. The van der Waals surface area contributed by atoms with Crippen molar-refractivity contribution in [3.05, 3.63) is 41.5 Å². The Morgan fingerprint density at radius 2 is 2.00 bits per heavy atom. The summed E-state index contributed by atoms with van der Waals surface area (Å²) in [6.07, 6.45) is 0.900. The molecule has 4 nitrogen and oxygen atoms in total. The highest BCUT2D eigenvalue weighted by Gasteiger charge is 2.19. The Bertz CT molecular complexity index is 538. The van der Waals surface area contributed by atoms with Crippen LogP contribution < -0.4 is 5.73 Å². The quantitative estimate of drug-likeness (QED) is 0.825. The van der Waals surface area contributed by atoms with E-state index in [0.29, 0.717) is 11.6 Å². The van der Waals surface area contributed by atoms with E-state index < -0.39 is 0 Å². The van der Waals surface area contributed by atoms with Gasteiger partial charge in [0.05, 0.1) is 11.7 Å². The van der Waals surface area contributed by atoms with Crippen molar-refractivity contribution in [3.8, 4) is 0 Å². The van der Waals surface area contributed by atoms with Crippen LogP contribution in [0.2, 0.25) is 0 Å². The van der Waals surface area contributed by atoms with Crippen LogP contribution in [0.4, 0.5) is 0 Å². The molecule has 0 fully saturated rings. The van der Waals surface area contributed by atoms with Crippen LogP contribution in [0.25, 0.3) is 0 Å². The molecule has 0 aliphatic heterocycles. The zero-order chi connectivity index (χ0) is 14.5. The van der Waals surface area contributed by atoms with Crippen LogP contribution in [0.5, 0.6) is 0 Å². The maximum atomic E-state index is 6.00. The Kier molecular flexibility index (Phi) is 5.20. The standard InChI is InChI=1S/C15H21N3OS/c1-4-13(16)11(3)15-17-14(18-19-15)9-20-12-7-5-10(2)6-8-12/h5-8,11,13H,4,9,16H2,1-3H3. The summed E-state index contributed by atoms with van der Waals surface area (Å²) in [7, 11) is 0. The lowest BCUT2D eigenvalue weighted by atomic mass is 10.0. The summed E-state index contributed by atoms with van der Waals surface area (Å²) in [6.45, 7) is 6.17. The zero-order valence-corrected chi connectivity index (χ0v) is 13.0. The third kappa shape index (κ3) is 3.84. The fourth-order valence-corrected chi connectivity index (χ4v) is 2.57. The topological polar surface area (TPSA) is 64.9 Å². The van der Waals surface area contributed by atoms with Gasteiger partial charge in [-0.1, -0.05) is 36.7 Å². The van der Waals surface area contributed by atoms with Crippen LogP contribution in [0.1, 0.15) is 43.5 Å². The van der Waals surface area contributed by atoms with Crippen molar-refractivity contribution >= 4 is 11.8 Å². The van der Waals surface area contributed by atoms with Crippen molar-refractivity contribution in [3.63, 3.8) is 0 Å². The van der Waals surface area contributed by atoms with Crippen molar-refractivity contribution < 1.29 is 4.52 Å². The third-order valence-electron chi connectivity index (χ3n) is 3.38. The van der Waals surface area contributed by atoms with Crippen LogP contribution in [0.3, 0.4) is 0 Å². The Labute approximate surface area is 124 Å². The minimum Gasteiger partial charge on any atom is -0.339 e. The molecule has 108 valence electrons. The molecule has 0 aliphatic carbocycles. The van der Waals surface area contributed by atoms with E-state index in [-0.39, 0.29) is 12.0 Å². The Morgan fingerprint density at radius 1 is 1.30 bits per heavy atom. The smallest absolute Gasteiger partial charge is 0.231 e. The number of nitrogens with zero attached hydrogens (tertiary/aromatic N) is 2. The van der Waals surface area contributed by atoms with Crippen LogP contribution in [-0.2, 0) is 5.75 Å². The monoisotopic (exact) mass is 291 g/mol. The highest BCUT2D eigenvalue weighted by atomic mass is 32.2. The molecule has 2 atom stereocenters. The number of aromatic nitrogens is 2. The van der Waals surface area contributed by atoms with E-state index in [1.54, 1.807) is 11.8 Å². The van der Waals surface area contributed by atoms with E-state index in [1.807, 2.05) is 6.92 Å². The van der Waals surface area contributed by atoms with E-state index in [2.05, 4.69) is 48.3 Å². The second-order valence-electron chi connectivity index (χ2n) is 5.01. The lowest BCUT2D eigenvalue weighted by Crippen LogP contribution is -2.25. The molecule has 0 aliphatic rings. The predicted molar refractivity (Wildman–Crippen MR) is 81.7 cm³/mol. The molecule has 1 aromatic carbocycles. The number of hydrogen-bond acceptors (Lipinski definition) is 5. The fraction of sp³-hybridized carbons (Fsp3) is 0.467. The number of nitrogens with two attached hydrogens (primary N) is 1. The first-order valence-corrected chi connectivity index (χ1v) is 7.86. The zero-order valence-electron chi connectivity index (χ0n) is 12.2. The van der Waals surface area contributed by atoms with Gasteiger partial charge in [0, 0.05) is 10.9 Å². The predicted octanol–water partition coefficient (Wildman–Crippen LogP) is 3.51. The van der Waals surface area contributed by atoms with Crippen molar-refractivity contribution in [1.29, 1.82) is 0 Å². The van der Waals surface area contributed by atoms with Gasteiger partial charge in [0.1, 0.15) is 0 Å². The molecule has 0 amide bonds. The summed E-state index contributed by atoms with van der Waals surface area (Å²) >= 11 is 1.71. The molecule has 2 unspecified atom stereocenters. The normalized spacial score (nSPS) is 14.2. The van der Waals surface area contributed by atoms with E-state index >= 15 is 0 Å².